The minimum Gasteiger partial charge on any atom is -0.324 e. The Bertz CT molecular complexity index is 304. The van der Waals surface area contributed by atoms with Crippen LogP contribution in [0.1, 0.15) is 40.0 Å². The summed E-state index contributed by atoms with van der Waals surface area (Å²) in [7, 11) is 0. The number of urea groups is 1. The molecule has 2 saturated heterocycles. The molecule has 0 aromatic heterocycles. The van der Waals surface area contributed by atoms with Gasteiger partial charge in [0, 0.05) is 32.2 Å². The standard InChI is InChI=1S/C15H29N3O/c1-4-16(5-2)14-8-10-18(12-14)15(19)17-9-6-7-13(3)11-17/h13-14H,4-12H2,1-3H3. The molecule has 110 valence electrons. The Morgan fingerprint density at radius 1 is 1.11 bits per heavy atom. The lowest BCUT2D eigenvalue weighted by molar-refractivity contribution is 0.134. The summed E-state index contributed by atoms with van der Waals surface area (Å²) in [6, 6.07) is 0.849. The van der Waals surface area contributed by atoms with Crippen LogP contribution in [0.4, 0.5) is 4.79 Å². The molecule has 0 aliphatic carbocycles. The maximum absolute atomic E-state index is 12.5. The Kier molecular flexibility index (Phi) is 5.08. The minimum absolute atomic E-state index is 0.279. The predicted octanol–water partition coefficient (Wildman–Crippen LogP) is 2.25. The summed E-state index contributed by atoms with van der Waals surface area (Å²) in [5.74, 6) is 0.666. The summed E-state index contributed by atoms with van der Waals surface area (Å²) in [6.07, 6.45) is 3.57. The van der Waals surface area contributed by atoms with Crippen LogP contribution in [0.3, 0.4) is 0 Å². The van der Waals surface area contributed by atoms with Gasteiger partial charge in [-0.1, -0.05) is 20.8 Å². The molecule has 0 aromatic carbocycles. The lowest BCUT2D eigenvalue weighted by atomic mass is 10.0. The number of rotatable bonds is 3. The topological polar surface area (TPSA) is 26.8 Å². The Balaban J connectivity index is 1.87. The number of piperidine rings is 1. The second kappa shape index (κ2) is 6.60. The molecule has 2 rings (SSSR count). The van der Waals surface area contributed by atoms with Gasteiger partial charge in [0.05, 0.1) is 0 Å². The summed E-state index contributed by atoms with van der Waals surface area (Å²) in [6.45, 7) is 12.6. The van der Waals surface area contributed by atoms with E-state index in [1.54, 1.807) is 0 Å². The van der Waals surface area contributed by atoms with Gasteiger partial charge in [0.15, 0.2) is 0 Å². The Morgan fingerprint density at radius 3 is 2.42 bits per heavy atom. The molecule has 0 radical (unpaired) electrons. The third kappa shape index (κ3) is 3.41. The van der Waals surface area contributed by atoms with E-state index in [-0.39, 0.29) is 6.03 Å². The van der Waals surface area contributed by atoms with Gasteiger partial charge in [0.25, 0.3) is 0 Å². The van der Waals surface area contributed by atoms with Crippen LogP contribution >= 0.6 is 0 Å². The van der Waals surface area contributed by atoms with Crippen molar-refractivity contribution in [1.82, 2.24) is 14.7 Å². The molecule has 0 aromatic rings. The molecule has 2 aliphatic heterocycles. The number of carbonyl (C=O) groups excluding carboxylic acids is 1. The third-order valence-corrected chi connectivity index (χ3v) is 4.69. The lowest BCUT2D eigenvalue weighted by Gasteiger charge is -2.34. The highest BCUT2D eigenvalue weighted by atomic mass is 16.2. The van der Waals surface area contributed by atoms with Gasteiger partial charge in [0.1, 0.15) is 0 Å². The first-order valence-electron chi connectivity index (χ1n) is 7.93. The van der Waals surface area contributed by atoms with Crippen LogP contribution in [0.25, 0.3) is 0 Å². The molecule has 2 aliphatic rings. The van der Waals surface area contributed by atoms with E-state index in [9.17, 15) is 4.79 Å². The van der Waals surface area contributed by atoms with E-state index in [1.807, 2.05) is 0 Å². The van der Waals surface area contributed by atoms with E-state index < -0.39 is 0 Å². The van der Waals surface area contributed by atoms with Crippen molar-refractivity contribution in [1.29, 1.82) is 0 Å². The molecule has 2 atom stereocenters. The van der Waals surface area contributed by atoms with Crippen LogP contribution in [0.2, 0.25) is 0 Å². The van der Waals surface area contributed by atoms with Gasteiger partial charge >= 0.3 is 6.03 Å². The van der Waals surface area contributed by atoms with Crippen LogP contribution in [0.5, 0.6) is 0 Å². The van der Waals surface area contributed by atoms with Crippen LogP contribution < -0.4 is 0 Å². The van der Waals surface area contributed by atoms with Gasteiger partial charge in [-0.15, -0.1) is 0 Å². The average molecular weight is 267 g/mol. The van der Waals surface area contributed by atoms with E-state index in [2.05, 4.69) is 35.5 Å². The summed E-state index contributed by atoms with van der Waals surface area (Å²) >= 11 is 0. The highest BCUT2D eigenvalue weighted by Crippen LogP contribution is 2.21. The summed E-state index contributed by atoms with van der Waals surface area (Å²) < 4.78 is 0. The first kappa shape index (κ1) is 14.6. The van der Waals surface area contributed by atoms with E-state index in [1.165, 1.54) is 12.8 Å². The lowest BCUT2D eigenvalue weighted by Crippen LogP contribution is -2.47. The van der Waals surface area contributed by atoms with Gasteiger partial charge in [-0.2, -0.15) is 0 Å². The Labute approximate surface area is 117 Å². The van der Waals surface area contributed by atoms with Gasteiger partial charge in [-0.05, 0) is 38.3 Å². The van der Waals surface area contributed by atoms with Crippen LogP contribution in [-0.2, 0) is 0 Å². The van der Waals surface area contributed by atoms with Gasteiger partial charge in [0.2, 0.25) is 0 Å². The molecule has 19 heavy (non-hydrogen) atoms. The summed E-state index contributed by atoms with van der Waals surface area (Å²) in [5.41, 5.74) is 0. The smallest absolute Gasteiger partial charge is 0.320 e. The highest BCUT2D eigenvalue weighted by Gasteiger charge is 2.32. The van der Waals surface area contributed by atoms with Crippen molar-refractivity contribution < 1.29 is 4.79 Å². The highest BCUT2D eigenvalue weighted by molar-refractivity contribution is 5.75. The van der Waals surface area contributed by atoms with Crippen molar-refractivity contribution in [3.05, 3.63) is 0 Å². The van der Waals surface area contributed by atoms with Gasteiger partial charge < -0.3 is 9.80 Å². The van der Waals surface area contributed by atoms with Crippen molar-refractivity contribution in [2.75, 3.05) is 39.3 Å². The first-order chi connectivity index (χ1) is 9.15. The number of hydrogen-bond donors (Lipinski definition) is 0. The molecular formula is C15H29N3O. The maximum Gasteiger partial charge on any atom is 0.320 e. The quantitative estimate of drug-likeness (QED) is 0.784. The van der Waals surface area contributed by atoms with Crippen molar-refractivity contribution >= 4 is 6.03 Å². The third-order valence-electron chi connectivity index (χ3n) is 4.69. The van der Waals surface area contributed by atoms with E-state index in [4.69, 9.17) is 0 Å². The molecule has 2 fully saturated rings. The number of amides is 2. The molecule has 4 nitrogen and oxygen atoms in total. The number of carbonyl (C=O) groups is 1. The molecule has 2 amide bonds. The van der Waals surface area contributed by atoms with E-state index >= 15 is 0 Å². The zero-order chi connectivity index (χ0) is 13.8. The monoisotopic (exact) mass is 267 g/mol. The van der Waals surface area contributed by atoms with Gasteiger partial charge in [-0.3, -0.25) is 4.90 Å². The molecule has 0 N–H and O–H groups in total. The van der Waals surface area contributed by atoms with Crippen LogP contribution in [-0.4, -0.2) is 66.0 Å². The fourth-order valence-electron chi connectivity index (χ4n) is 3.52. The molecular weight excluding hydrogens is 238 g/mol. The van der Waals surface area contributed by atoms with Crippen molar-refractivity contribution in [2.45, 2.75) is 46.1 Å². The average Bonchev–Trinajstić information content (AvgIpc) is 2.89. The normalized spacial score (nSPS) is 28.2. The summed E-state index contributed by atoms with van der Waals surface area (Å²) in [4.78, 5) is 19.1. The van der Waals surface area contributed by atoms with Crippen molar-refractivity contribution in [3.8, 4) is 0 Å². The Hall–Kier alpha value is -0.770. The SMILES string of the molecule is CCN(CC)C1CCN(C(=O)N2CCCC(C)C2)C1. The zero-order valence-electron chi connectivity index (χ0n) is 12.8. The van der Waals surface area contributed by atoms with E-state index in [0.717, 1.165) is 45.7 Å². The molecule has 0 saturated carbocycles. The maximum atomic E-state index is 12.5. The predicted molar refractivity (Wildman–Crippen MR) is 78.3 cm³/mol. The molecule has 0 bridgehead atoms. The number of hydrogen-bond acceptors (Lipinski definition) is 2. The van der Waals surface area contributed by atoms with E-state index in [0.29, 0.717) is 12.0 Å². The van der Waals surface area contributed by atoms with Crippen molar-refractivity contribution in [3.63, 3.8) is 0 Å². The molecule has 2 heterocycles. The second-order valence-corrected chi connectivity index (χ2v) is 6.09. The molecule has 4 heteroatoms. The second-order valence-electron chi connectivity index (χ2n) is 6.09. The number of likely N-dealkylation sites (N-methyl/N-ethyl adjacent to an activating group) is 1. The number of nitrogens with zero attached hydrogens (tertiary/aromatic N) is 3. The number of likely N-dealkylation sites (tertiary alicyclic amines) is 2. The van der Waals surface area contributed by atoms with Crippen LogP contribution in [0, 0.1) is 5.92 Å². The molecule has 2 unspecified atom stereocenters. The zero-order valence-corrected chi connectivity index (χ0v) is 12.8. The van der Waals surface area contributed by atoms with Crippen LogP contribution in [0.15, 0.2) is 0 Å². The van der Waals surface area contributed by atoms with Gasteiger partial charge in [-0.25, -0.2) is 4.79 Å². The summed E-state index contributed by atoms with van der Waals surface area (Å²) in [5, 5.41) is 0. The Morgan fingerprint density at radius 2 is 1.79 bits per heavy atom. The fourth-order valence-corrected chi connectivity index (χ4v) is 3.52. The fraction of sp³-hybridized carbons (Fsp3) is 0.933. The minimum atomic E-state index is 0.279. The first-order valence-corrected chi connectivity index (χ1v) is 7.93. The largest absolute Gasteiger partial charge is 0.324 e. The molecule has 0 spiro atoms. The van der Waals surface area contributed by atoms with Crippen molar-refractivity contribution in [2.24, 2.45) is 5.92 Å².